The number of nitrogens with two attached hydrogens (primary N) is 1. The van der Waals surface area contributed by atoms with Gasteiger partial charge in [0.05, 0.1) is 11.4 Å². The quantitative estimate of drug-likeness (QED) is 0.795. The number of nitrogens with zero attached hydrogens (tertiary/aromatic N) is 2. The normalized spacial score (nSPS) is 19.6. The highest BCUT2D eigenvalue weighted by molar-refractivity contribution is 7.99. The fourth-order valence-corrected chi connectivity index (χ4v) is 5.19. The van der Waals surface area contributed by atoms with Gasteiger partial charge in [0.15, 0.2) is 0 Å². The van der Waals surface area contributed by atoms with E-state index in [2.05, 4.69) is 23.5 Å². The first-order valence-electron chi connectivity index (χ1n) is 10.5. The Bertz CT molecular complexity index is 979. The molecule has 2 aromatic carbocycles. The molecule has 1 saturated carbocycles. The van der Waals surface area contributed by atoms with Crippen molar-refractivity contribution in [1.29, 1.82) is 0 Å². The van der Waals surface area contributed by atoms with Crippen LogP contribution in [0.3, 0.4) is 0 Å². The lowest BCUT2D eigenvalue weighted by Crippen LogP contribution is -2.62. The minimum Gasteiger partial charge on any atom is -0.375 e. The van der Waals surface area contributed by atoms with Gasteiger partial charge in [-0.3, -0.25) is 9.59 Å². The number of hydrogen-bond acceptors (Lipinski definition) is 5. The van der Waals surface area contributed by atoms with Crippen LogP contribution in [-0.4, -0.2) is 59.2 Å². The van der Waals surface area contributed by atoms with Crippen LogP contribution in [0.2, 0.25) is 0 Å². The predicted octanol–water partition coefficient (Wildman–Crippen LogP) is 2.99. The summed E-state index contributed by atoms with van der Waals surface area (Å²) in [6, 6.07) is 14.2. The van der Waals surface area contributed by atoms with Gasteiger partial charge in [-0.05, 0) is 54.7 Å². The SMILES string of the molecule is NC1(C(=O)N2CCN(C(=O)c3ccc(-c4ccc5c(c4)NCS5)cc3)CC2)CCC1. The molecule has 156 valence electrons. The van der Waals surface area contributed by atoms with Crippen molar-refractivity contribution in [2.24, 2.45) is 5.73 Å². The molecule has 3 N–H and O–H groups in total. The largest absolute Gasteiger partial charge is 0.375 e. The highest BCUT2D eigenvalue weighted by Crippen LogP contribution is 2.36. The van der Waals surface area contributed by atoms with Crippen molar-refractivity contribution in [3.05, 3.63) is 48.0 Å². The van der Waals surface area contributed by atoms with Crippen molar-refractivity contribution in [2.45, 2.75) is 29.7 Å². The van der Waals surface area contributed by atoms with Crippen molar-refractivity contribution in [3.63, 3.8) is 0 Å². The molecular formula is C23H26N4O2S. The van der Waals surface area contributed by atoms with E-state index in [9.17, 15) is 9.59 Å². The van der Waals surface area contributed by atoms with Crippen LogP contribution in [0.15, 0.2) is 47.4 Å². The molecule has 6 nitrogen and oxygen atoms in total. The third-order valence-electron chi connectivity index (χ3n) is 6.46. The third kappa shape index (κ3) is 3.46. The molecule has 1 saturated heterocycles. The van der Waals surface area contributed by atoms with Gasteiger partial charge >= 0.3 is 0 Å². The van der Waals surface area contributed by atoms with Crippen LogP contribution in [0.4, 0.5) is 5.69 Å². The van der Waals surface area contributed by atoms with Crippen molar-refractivity contribution in [3.8, 4) is 11.1 Å². The van der Waals surface area contributed by atoms with E-state index in [4.69, 9.17) is 5.73 Å². The molecule has 2 fully saturated rings. The van der Waals surface area contributed by atoms with Crippen LogP contribution in [0.25, 0.3) is 11.1 Å². The Kier molecular flexibility index (Phi) is 4.95. The Morgan fingerprint density at radius 2 is 1.60 bits per heavy atom. The maximum absolute atomic E-state index is 12.9. The number of piperazine rings is 1. The molecule has 0 bridgehead atoms. The molecule has 0 unspecified atom stereocenters. The average molecular weight is 423 g/mol. The average Bonchev–Trinajstić information content (AvgIpc) is 3.24. The number of benzene rings is 2. The zero-order valence-corrected chi connectivity index (χ0v) is 17.7. The highest BCUT2D eigenvalue weighted by Gasteiger charge is 2.43. The van der Waals surface area contributed by atoms with Gasteiger partial charge in [-0.2, -0.15) is 0 Å². The number of carbonyl (C=O) groups is 2. The number of rotatable bonds is 3. The summed E-state index contributed by atoms with van der Waals surface area (Å²) in [7, 11) is 0. The Hall–Kier alpha value is -2.51. The number of nitrogens with one attached hydrogen (secondary N) is 1. The van der Waals surface area contributed by atoms with Crippen LogP contribution >= 0.6 is 11.8 Å². The molecule has 3 aliphatic rings. The first-order chi connectivity index (χ1) is 14.5. The summed E-state index contributed by atoms with van der Waals surface area (Å²) in [4.78, 5) is 30.4. The fourth-order valence-electron chi connectivity index (χ4n) is 4.35. The summed E-state index contributed by atoms with van der Waals surface area (Å²) in [5.41, 5.74) is 9.61. The summed E-state index contributed by atoms with van der Waals surface area (Å²) in [5.74, 6) is 0.983. The van der Waals surface area contributed by atoms with Crippen LogP contribution in [0.5, 0.6) is 0 Å². The molecule has 2 heterocycles. The molecule has 0 radical (unpaired) electrons. The van der Waals surface area contributed by atoms with Crippen LogP contribution in [0, 0.1) is 0 Å². The summed E-state index contributed by atoms with van der Waals surface area (Å²) < 4.78 is 0. The van der Waals surface area contributed by atoms with Crippen molar-refractivity contribution < 1.29 is 9.59 Å². The van der Waals surface area contributed by atoms with E-state index in [0.29, 0.717) is 31.7 Å². The van der Waals surface area contributed by atoms with E-state index in [1.165, 1.54) is 10.6 Å². The van der Waals surface area contributed by atoms with Crippen LogP contribution in [0.1, 0.15) is 29.6 Å². The van der Waals surface area contributed by atoms with E-state index in [-0.39, 0.29) is 11.8 Å². The Morgan fingerprint density at radius 3 is 2.27 bits per heavy atom. The van der Waals surface area contributed by atoms with Gasteiger partial charge in [0.2, 0.25) is 5.91 Å². The molecule has 0 spiro atoms. The van der Waals surface area contributed by atoms with E-state index in [1.54, 1.807) is 0 Å². The molecule has 2 aromatic rings. The number of carbonyl (C=O) groups excluding carboxylic acids is 2. The van der Waals surface area contributed by atoms with E-state index in [1.807, 2.05) is 45.8 Å². The lowest BCUT2D eigenvalue weighted by atomic mass is 9.76. The topological polar surface area (TPSA) is 78.7 Å². The van der Waals surface area contributed by atoms with Gasteiger partial charge in [-0.1, -0.05) is 18.2 Å². The maximum atomic E-state index is 12.9. The van der Waals surface area contributed by atoms with Gasteiger partial charge in [-0.15, -0.1) is 11.8 Å². The Labute approximate surface area is 180 Å². The first kappa shape index (κ1) is 19.5. The Balaban J connectivity index is 1.22. The Morgan fingerprint density at radius 1 is 0.933 bits per heavy atom. The van der Waals surface area contributed by atoms with E-state index >= 15 is 0 Å². The number of amides is 2. The van der Waals surface area contributed by atoms with Gasteiger partial charge in [0.1, 0.15) is 0 Å². The smallest absolute Gasteiger partial charge is 0.253 e. The molecule has 2 aliphatic heterocycles. The number of fused-ring (bicyclic) bond motifs is 1. The second-order valence-corrected chi connectivity index (χ2v) is 9.37. The minimum absolute atomic E-state index is 0.0202. The molecule has 0 atom stereocenters. The molecule has 2 amide bonds. The third-order valence-corrected chi connectivity index (χ3v) is 7.42. The summed E-state index contributed by atoms with van der Waals surface area (Å²) in [6.45, 7) is 2.22. The van der Waals surface area contributed by atoms with E-state index in [0.717, 1.165) is 36.3 Å². The van der Waals surface area contributed by atoms with Crippen LogP contribution in [-0.2, 0) is 4.79 Å². The highest BCUT2D eigenvalue weighted by atomic mass is 32.2. The van der Waals surface area contributed by atoms with Gasteiger partial charge < -0.3 is 20.9 Å². The van der Waals surface area contributed by atoms with Gasteiger partial charge in [0, 0.05) is 42.3 Å². The lowest BCUT2D eigenvalue weighted by Gasteiger charge is -2.43. The number of hydrogen-bond donors (Lipinski definition) is 2. The summed E-state index contributed by atoms with van der Waals surface area (Å²) >= 11 is 1.81. The molecule has 1 aliphatic carbocycles. The number of thioether (sulfide) groups is 1. The second-order valence-electron chi connectivity index (χ2n) is 8.35. The van der Waals surface area contributed by atoms with Crippen molar-refractivity contribution in [1.82, 2.24) is 9.80 Å². The van der Waals surface area contributed by atoms with E-state index < -0.39 is 5.54 Å². The zero-order chi connectivity index (χ0) is 20.7. The molecule has 30 heavy (non-hydrogen) atoms. The molecular weight excluding hydrogens is 396 g/mol. The lowest BCUT2D eigenvalue weighted by molar-refractivity contribution is -0.141. The molecule has 5 rings (SSSR count). The predicted molar refractivity (Wildman–Crippen MR) is 119 cm³/mol. The first-order valence-corrected chi connectivity index (χ1v) is 11.5. The van der Waals surface area contributed by atoms with Crippen molar-refractivity contribution in [2.75, 3.05) is 37.4 Å². The maximum Gasteiger partial charge on any atom is 0.253 e. The second kappa shape index (κ2) is 7.63. The molecule has 0 aromatic heterocycles. The van der Waals surface area contributed by atoms with Crippen LogP contribution < -0.4 is 11.1 Å². The summed E-state index contributed by atoms with van der Waals surface area (Å²) in [5, 5.41) is 3.38. The van der Waals surface area contributed by atoms with Gasteiger partial charge in [-0.25, -0.2) is 0 Å². The monoisotopic (exact) mass is 422 g/mol. The molecule has 7 heteroatoms. The van der Waals surface area contributed by atoms with Crippen molar-refractivity contribution >= 4 is 29.3 Å². The number of anilines is 1. The van der Waals surface area contributed by atoms with Gasteiger partial charge in [0.25, 0.3) is 5.91 Å². The fraction of sp³-hybridized carbons (Fsp3) is 0.391. The zero-order valence-electron chi connectivity index (χ0n) is 16.9. The minimum atomic E-state index is -0.659. The summed E-state index contributed by atoms with van der Waals surface area (Å²) in [6.07, 6.45) is 2.57. The standard InChI is InChI=1S/C23H26N4O2S/c24-23(8-1-9-23)22(29)27-12-10-26(11-13-27)21(28)17-4-2-16(3-5-17)18-6-7-20-19(14-18)25-15-30-20/h2-7,14,25H,1,8-13,15,24H2.